The third kappa shape index (κ3) is 3.77. The molecule has 10 heteroatoms. The topological polar surface area (TPSA) is 105 Å². The number of ether oxygens (including phenoxy) is 3. The number of amides is 1. The molecule has 0 spiro atoms. The molecule has 0 bridgehead atoms. The van der Waals surface area contributed by atoms with Gasteiger partial charge in [0, 0.05) is 6.07 Å². The Balaban J connectivity index is 2.23. The Hall–Kier alpha value is -3.14. The number of aryl methyl sites for hydroxylation is 1. The van der Waals surface area contributed by atoms with Gasteiger partial charge in [0.15, 0.2) is 4.80 Å². The summed E-state index contributed by atoms with van der Waals surface area (Å²) in [6.45, 7) is 3.53. The van der Waals surface area contributed by atoms with Crippen molar-refractivity contribution in [2.45, 2.75) is 20.4 Å². The number of nitrogens with zero attached hydrogens (tertiary/aromatic N) is 3. The van der Waals surface area contributed by atoms with Crippen LogP contribution in [0.3, 0.4) is 0 Å². The highest BCUT2D eigenvalue weighted by Crippen LogP contribution is 2.35. The van der Waals surface area contributed by atoms with Gasteiger partial charge in [0.25, 0.3) is 0 Å². The van der Waals surface area contributed by atoms with Gasteiger partial charge in [-0.2, -0.15) is 4.99 Å². The van der Waals surface area contributed by atoms with E-state index in [1.54, 1.807) is 30.5 Å². The summed E-state index contributed by atoms with van der Waals surface area (Å²) in [4.78, 5) is 29.1. The summed E-state index contributed by atoms with van der Waals surface area (Å²) in [5.74, 6) is 0.0272. The molecular weight excluding hydrogens is 386 g/mol. The van der Waals surface area contributed by atoms with Gasteiger partial charge in [-0.05, 0) is 26.0 Å². The molecule has 0 aliphatic rings. The molecule has 9 nitrogen and oxygen atoms in total. The first-order valence-corrected chi connectivity index (χ1v) is 9.22. The van der Waals surface area contributed by atoms with E-state index < -0.39 is 11.9 Å². The van der Waals surface area contributed by atoms with Crippen molar-refractivity contribution in [2.75, 3.05) is 20.8 Å². The van der Waals surface area contributed by atoms with Crippen LogP contribution in [0.15, 0.2) is 27.7 Å². The molecule has 0 N–H and O–H groups in total. The third-order valence-corrected chi connectivity index (χ3v) is 4.91. The van der Waals surface area contributed by atoms with Crippen molar-refractivity contribution >= 4 is 33.4 Å². The molecule has 0 aliphatic carbocycles. The Bertz CT molecular complexity index is 1090. The predicted molar refractivity (Wildman–Crippen MR) is 101 cm³/mol. The SMILES string of the molecule is CCOC(=O)Cn1c(=NC(=O)c2cc(C)no2)sc2c(OC)ccc(OC)c21. The number of thiazole rings is 1. The van der Waals surface area contributed by atoms with Gasteiger partial charge in [-0.25, -0.2) is 0 Å². The zero-order valence-corrected chi connectivity index (χ0v) is 16.7. The minimum atomic E-state index is -0.609. The molecule has 0 saturated heterocycles. The van der Waals surface area contributed by atoms with Crippen LogP contribution in [0.25, 0.3) is 10.2 Å². The van der Waals surface area contributed by atoms with E-state index in [4.69, 9.17) is 18.7 Å². The lowest BCUT2D eigenvalue weighted by Gasteiger charge is -2.09. The summed E-state index contributed by atoms with van der Waals surface area (Å²) in [5, 5.41) is 3.70. The molecule has 0 fully saturated rings. The summed E-state index contributed by atoms with van der Waals surface area (Å²) in [6.07, 6.45) is 0. The zero-order chi connectivity index (χ0) is 20.3. The average Bonchev–Trinajstić information content (AvgIpc) is 3.26. The average molecular weight is 405 g/mol. The lowest BCUT2D eigenvalue weighted by Crippen LogP contribution is -2.23. The molecule has 0 saturated carbocycles. The van der Waals surface area contributed by atoms with Gasteiger partial charge in [-0.1, -0.05) is 16.5 Å². The molecule has 0 unspecified atom stereocenters. The summed E-state index contributed by atoms with van der Waals surface area (Å²) in [7, 11) is 3.06. The van der Waals surface area contributed by atoms with Gasteiger partial charge in [0.1, 0.15) is 28.3 Å². The second-order valence-corrected chi connectivity index (χ2v) is 6.65. The maximum absolute atomic E-state index is 12.5. The molecular formula is C18H19N3O6S. The number of carbonyl (C=O) groups excluding carboxylic acids is 2. The van der Waals surface area contributed by atoms with Crippen LogP contribution in [0, 0.1) is 6.92 Å². The highest BCUT2D eigenvalue weighted by molar-refractivity contribution is 7.16. The van der Waals surface area contributed by atoms with Crippen LogP contribution in [0.2, 0.25) is 0 Å². The van der Waals surface area contributed by atoms with Crippen molar-refractivity contribution in [1.29, 1.82) is 0 Å². The van der Waals surface area contributed by atoms with Crippen molar-refractivity contribution in [3.8, 4) is 11.5 Å². The summed E-state index contributed by atoms with van der Waals surface area (Å²) in [5.41, 5.74) is 1.15. The Labute approximate surface area is 164 Å². The van der Waals surface area contributed by atoms with E-state index in [-0.39, 0.29) is 23.7 Å². The van der Waals surface area contributed by atoms with Crippen molar-refractivity contribution in [3.05, 3.63) is 34.5 Å². The lowest BCUT2D eigenvalue weighted by atomic mass is 10.3. The Morgan fingerprint density at radius 2 is 1.96 bits per heavy atom. The minimum Gasteiger partial charge on any atom is -0.495 e. The second kappa shape index (κ2) is 8.26. The van der Waals surface area contributed by atoms with Crippen LogP contribution in [0.5, 0.6) is 11.5 Å². The van der Waals surface area contributed by atoms with Crippen molar-refractivity contribution < 1.29 is 28.3 Å². The smallest absolute Gasteiger partial charge is 0.326 e. The van der Waals surface area contributed by atoms with Crippen LogP contribution in [-0.2, 0) is 16.1 Å². The minimum absolute atomic E-state index is 0.0107. The fourth-order valence-corrected chi connectivity index (χ4v) is 3.76. The predicted octanol–water partition coefficient (Wildman–Crippen LogP) is 2.32. The largest absolute Gasteiger partial charge is 0.495 e. The van der Waals surface area contributed by atoms with E-state index in [1.165, 1.54) is 31.6 Å². The van der Waals surface area contributed by atoms with Crippen molar-refractivity contribution in [3.63, 3.8) is 0 Å². The summed E-state index contributed by atoms with van der Waals surface area (Å²) in [6, 6.07) is 4.97. The fourth-order valence-electron chi connectivity index (χ4n) is 2.63. The maximum Gasteiger partial charge on any atom is 0.326 e. The Morgan fingerprint density at radius 1 is 1.25 bits per heavy atom. The van der Waals surface area contributed by atoms with Crippen LogP contribution >= 0.6 is 11.3 Å². The number of carbonyl (C=O) groups is 2. The number of rotatable bonds is 6. The van der Waals surface area contributed by atoms with Crippen LogP contribution in [-0.4, -0.2) is 42.4 Å². The monoisotopic (exact) mass is 405 g/mol. The van der Waals surface area contributed by atoms with E-state index in [1.807, 2.05) is 0 Å². The molecule has 0 aliphatic heterocycles. The molecule has 3 rings (SSSR count). The molecule has 2 aromatic heterocycles. The van der Waals surface area contributed by atoms with Crippen LogP contribution in [0.1, 0.15) is 23.2 Å². The first-order valence-electron chi connectivity index (χ1n) is 8.40. The number of hydrogen-bond donors (Lipinski definition) is 0. The first kappa shape index (κ1) is 19.6. The number of fused-ring (bicyclic) bond motifs is 1. The van der Waals surface area contributed by atoms with Gasteiger partial charge in [0.05, 0.1) is 26.5 Å². The molecule has 2 heterocycles. The molecule has 0 atom stereocenters. The van der Waals surface area contributed by atoms with Gasteiger partial charge in [-0.15, -0.1) is 0 Å². The summed E-state index contributed by atoms with van der Waals surface area (Å²) < 4.78 is 23.1. The van der Waals surface area contributed by atoms with Crippen molar-refractivity contribution in [2.24, 2.45) is 4.99 Å². The highest BCUT2D eigenvalue weighted by Gasteiger charge is 2.20. The molecule has 1 amide bonds. The summed E-state index contributed by atoms with van der Waals surface area (Å²) >= 11 is 1.20. The normalized spacial score (nSPS) is 11.6. The van der Waals surface area contributed by atoms with Gasteiger partial charge in [-0.3, -0.25) is 9.59 Å². The molecule has 1 aromatic carbocycles. The van der Waals surface area contributed by atoms with Crippen LogP contribution in [0.4, 0.5) is 0 Å². The zero-order valence-electron chi connectivity index (χ0n) is 15.8. The highest BCUT2D eigenvalue weighted by atomic mass is 32.1. The number of hydrogen-bond acceptors (Lipinski definition) is 8. The number of methoxy groups -OCH3 is 2. The third-order valence-electron chi connectivity index (χ3n) is 3.82. The standard InChI is InChI=1S/C18H19N3O6S/c1-5-26-14(22)9-21-15-11(24-3)6-7-12(25-4)16(15)28-18(21)19-17(23)13-8-10(2)20-27-13/h6-8H,5,9H2,1-4H3. The number of aromatic nitrogens is 2. The molecule has 3 aromatic rings. The van der Waals surface area contributed by atoms with E-state index in [2.05, 4.69) is 10.1 Å². The van der Waals surface area contributed by atoms with E-state index >= 15 is 0 Å². The van der Waals surface area contributed by atoms with Crippen LogP contribution < -0.4 is 14.3 Å². The molecule has 148 valence electrons. The Kier molecular flexibility index (Phi) is 5.78. The molecule has 28 heavy (non-hydrogen) atoms. The lowest BCUT2D eigenvalue weighted by molar-refractivity contribution is -0.143. The number of benzene rings is 1. The second-order valence-electron chi connectivity index (χ2n) is 5.67. The van der Waals surface area contributed by atoms with E-state index in [9.17, 15) is 9.59 Å². The van der Waals surface area contributed by atoms with E-state index in [0.29, 0.717) is 27.4 Å². The Morgan fingerprint density at radius 3 is 2.57 bits per heavy atom. The van der Waals surface area contributed by atoms with Gasteiger partial charge in [0.2, 0.25) is 5.76 Å². The van der Waals surface area contributed by atoms with Crippen molar-refractivity contribution in [1.82, 2.24) is 9.72 Å². The molecule has 0 radical (unpaired) electrons. The van der Waals surface area contributed by atoms with E-state index in [0.717, 1.165) is 0 Å². The first-order chi connectivity index (χ1) is 13.5. The van der Waals surface area contributed by atoms with Gasteiger partial charge < -0.3 is 23.3 Å². The number of esters is 1. The van der Waals surface area contributed by atoms with Gasteiger partial charge >= 0.3 is 11.9 Å². The quantitative estimate of drug-likeness (QED) is 0.580. The maximum atomic E-state index is 12.5. The fraction of sp³-hybridized carbons (Fsp3) is 0.333.